The summed E-state index contributed by atoms with van der Waals surface area (Å²) in [6.07, 6.45) is -3.08. The molecule has 1 aromatic heterocycles. The SMILES string of the molecule is O=C1NC(=S)S/C1=C\c1cccc(-c2nc3ccccc3nc2C(F)(F)F)c1. The van der Waals surface area contributed by atoms with Gasteiger partial charge in [-0.05, 0) is 29.8 Å². The number of aromatic nitrogens is 2. The molecule has 1 aliphatic heterocycles. The Balaban J connectivity index is 1.85. The van der Waals surface area contributed by atoms with E-state index in [2.05, 4.69) is 15.3 Å². The van der Waals surface area contributed by atoms with E-state index in [0.29, 0.717) is 20.3 Å². The number of rotatable bonds is 2. The first kappa shape index (κ1) is 18.6. The molecule has 9 heteroatoms. The minimum absolute atomic E-state index is 0.171. The van der Waals surface area contributed by atoms with E-state index in [-0.39, 0.29) is 22.7 Å². The van der Waals surface area contributed by atoms with Gasteiger partial charge in [-0.25, -0.2) is 9.97 Å². The summed E-state index contributed by atoms with van der Waals surface area (Å²) < 4.78 is 41.1. The van der Waals surface area contributed by atoms with Crippen molar-refractivity contribution >= 4 is 51.3 Å². The summed E-state index contributed by atoms with van der Waals surface area (Å²) in [5.41, 5.74) is 0.0409. The Morgan fingerprint density at radius 2 is 1.75 bits per heavy atom. The van der Waals surface area contributed by atoms with E-state index < -0.39 is 11.9 Å². The molecule has 1 amide bonds. The van der Waals surface area contributed by atoms with Crippen molar-refractivity contribution in [3.63, 3.8) is 0 Å². The van der Waals surface area contributed by atoms with Gasteiger partial charge in [-0.15, -0.1) is 0 Å². The fourth-order valence-electron chi connectivity index (χ4n) is 2.75. The van der Waals surface area contributed by atoms with Crippen LogP contribution in [0, 0.1) is 0 Å². The number of benzene rings is 2. The zero-order chi connectivity index (χ0) is 19.9. The van der Waals surface area contributed by atoms with Gasteiger partial charge in [-0.1, -0.05) is 54.3 Å². The highest BCUT2D eigenvalue weighted by atomic mass is 32.2. The van der Waals surface area contributed by atoms with Crippen LogP contribution in [0.15, 0.2) is 53.4 Å². The predicted octanol–water partition coefficient (Wildman–Crippen LogP) is 4.80. The lowest BCUT2D eigenvalue weighted by Crippen LogP contribution is -2.17. The van der Waals surface area contributed by atoms with Crippen LogP contribution in [0.3, 0.4) is 0 Å². The van der Waals surface area contributed by atoms with Crippen LogP contribution in [0.4, 0.5) is 13.2 Å². The Kier molecular flexibility index (Phi) is 4.64. The van der Waals surface area contributed by atoms with Crippen LogP contribution >= 0.6 is 24.0 Å². The zero-order valence-electron chi connectivity index (χ0n) is 13.9. The molecule has 3 aromatic rings. The highest BCUT2D eigenvalue weighted by Gasteiger charge is 2.37. The summed E-state index contributed by atoms with van der Waals surface area (Å²) >= 11 is 6.04. The summed E-state index contributed by atoms with van der Waals surface area (Å²) in [6.45, 7) is 0. The van der Waals surface area contributed by atoms with E-state index in [1.807, 2.05) is 0 Å². The molecule has 1 aliphatic rings. The first-order valence-electron chi connectivity index (χ1n) is 8.00. The van der Waals surface area contributed by atoms with Crippen LogP contribution in [0.25, 0.3) is 28.4 Å². The van der Waals surface area contributed by atoms with Crippen molar-refractivity contribution < 1.29 is 18.0 Å². The molecule has 2 aromatic carbocycles. The normalized spacial score (nSPS) is 16.0. The summed E-state index contributed by atoms with van der Waals surface area (Å²) in [5, 5.41) is 2.50. The number of amides is 1. The van der Waals surface area contributed by atoms with Crippen LogP contribution in [0.1, 0.15) is 11.3 Å². The number of nitrogens with one attached hydrogen (secondary N) is 1. The summed E-state index contributed by atoms with van der Waals surface area (Å²) in [6, 6.07) is 12.8. The van der Waals surface area contributed by atoms with Crippen LogP contribution < -0.4 is 5.32 Å². The Morgan fingerprint density at radius 3 is 2.39 bits per heavy atom. The second kappa shape index (κ2) is 6.99. The Labute approximate surface area is 166 Å². The molecule has 0 radical (unpaired) electrons. The van der Waals surface area contributed by atoms with Crippen molar-refractivity contribution in [1.29, 1.82) is 0 Å². The largest absolute Gasteiger partial charge is 0.435 e. The molecule has 0 saturated carbocycles. The fraction of sp³-hybridized carbons (Fsp3) is 0.0526. The molecule has 2 heterocycles. The lowest BCUT2D eigenvalue weighted by molar-refractivity contribution is -0.140. The van der Waals surface area contributed by atoms with Crippen molar-refractivity contribution in [2.75, 3.05) is 0 Å². The number of alkyl halides is 3. The smallest absolute Gasteiger partial charge is 0.307 e. The number of nitrogens with zero attached hydrogens (tertiary/aromatic N) is 2. The molecule has 0 spiro atoms. The number of thioether (sulfide) groups is 1. The molecule has 0 bridgehead atoms. The van der Waals surface area contributed by atoms with Crippen molar-refractivity contribution in [3.05, 3.63) is 64.7 Å². The third-order valence-corrected chi connectivity index (χ3v) is 5.10. The van der Waals surface area contributed by atoms with Crippen molar-refractivity contribution in [1.82, 2.24) is 15.3 Å². The molecule has 1 fully saturated rings. The number of halogens is 3. The molecule has 4 nitrogen and oxygen atoms in total. The highest BCUT2D eigenvalue weighted by Crippen LogP contribution is 2.36. The van der Waals surface area contributed by atoms with Crippen LogP contribution in [-0.2, 0) is 11.0 Å². The van der Waals surface area contributed by atoms with Gasteiger partial charge in [0, 0.05) is 5.56 Å². The van der Waals surface area contributed by atoms with Crippen LogP contribution in [-0.4, -0.2) is 20.2 Å². The van der Waals surface area contributed by atoms with Crippen LogP contribution in [0.2, 0.25) is 0 Å². The number of para-hydroxylation sites is 2. The third-order valence-electron chi connectivity index (χ3n) is 3.94. The fourth-order valence-corrected chi connectivity index (χ4v) is 3.79. The molecule has 140 valence electrons. The van der Waals surface area contributed by atoms with Gasteiger partial charge in [-0.2, -0.15) is 13.2 Å². The van der Waals surface area contributed by atoms with E-state index in [1.54, 1.807) is 36.4 Å². The van der Waals surface area contributed by atoms with Crippen molar-refractivity contribution in [3.8, 4) is 11.3 Å². The Bertz CT molecular complexity index is 1160. The Hall–Kier alpha value is -2.78. The quantitative estimate of drug-likeness (QED) is 0.479. The summed E-state index contributed by atoms with van der Waals surface area (Å²) in [5.74, 6) is -0.332. The van der Waals surface area contributed by atoms with Crippen LogP contribution in [0.5, 0.6) is 0 Å². The molecule has 28 heavy (non-hydrogen) atoms. The van der Waals surface area contributed by atoms with Crippen molar-refractivity contribution in [2.45, 2.75) is 6.18 Å². The monoisotopic (exact) mass is 417 g/mol. The molecule has 4 rings (SSSR count). The maximum absolute atomic E-state index is 13.6. The second-order valence-electron chi connectivity index (χ2n) is 5.88. The number of hydrogen-bond acceptors (Lipinski definition) is 5. The standard InChI is InChI=1S/C19H10F3N3OS2/c20-19(21,22)16-15(23-12-6-1-2-7-13(12)24-16)11-5-3-4-10(8-11)9-14-17(26)25-18(27)28-14/h1-9H,(H,25,26,27)/b14-9-. The first-order chi connectivity index (χ1) is 13.3. The second-order valence-corrected chi connectivity index (χ2v) is 7.60. The summed E-state index contributed by atoms with van der Waals surface area (Å²) in [7, 11) is 0. The van der Waals surface area contributed by atoms with Gasteiger partial charge < -0.3 is 5.32 Å². The molecule has 1 saturated heterocycles. The minimum atomic E-state index is -4.66. The molecular formula is C19H10F3N3OS2. The third kappa shape index (κ3) is 3.63. The van der Waals surface area contributed by atoms with E-state index in [4.69, 9.17) is 12.2 Å². The Morgan fingerprint density at radius 1 is 1.04 bits per heavy atom. The number of thiocarbonyl (C=S) groups is 1. The number of fused-ring (bicyclic) bond motifs is 1. The van der Waals surface area contributed by atoms with Gasteiger partial charge in [0.05, 0.1) is 15.9 Å². The van der Waals surface area contributed by atoms with Gasteiger partial charge in [0.1, 0.15) is 10.0 Å². The highest BCUT2D eigenvalue weighted by molar-refractivity contribution is 8.26. The van der Waals surface area contributed by atoms with Gasteiger partial charge in [0.2, 0.25) is 0 Å². The maximum atomic E-state index is 13.6. The van der Waals surface area contributed by atoms with Crippen molar-refractivity contribution in [2.24, 2.45) is 0 Å². The average Bonchev–Trinajstić information content (AvgIpc) is 2.97. The molecule has 0 aliphatic carbocycles. The topological polar surface area (TPSA) is 54.9 Å². The number of hydrogen-bond donors (Lipinski definition) is 1. The molecule has 0 atom stereocenters. The maximum Gasteiger partial charge on any atom is 0.435 e. The van der Waals surface area contributed by atoms with Gasteiger partial charge in [0.15, 0.2) is 5.69 Å². The number of carbonyl (C=O) groups is 1. The average molecular weight is 417 g/mol. The minimum Gasteiger partial charge on any atom is -0.307 e. The van der Waals surface area contributed by atoms with Gasteiger partial charge in [-0.3, -0.25) is 4.79 Å². The zero-order valence-corrected chi connectivity index (χ0v) is 15.6. The molecule has 0 unspecified atom stereocenters. The molecular weight excluding hydrogens is 407 g/mol. The van der Waals surface area contributed by atoms with Gasteiger partial charge in [0.25, 0.3) is 5.91 Å². The first-order valence-corrected chi connectivity index (χ1v) is 9.23. The van der Waals surface area contributed by atoms with E-state index >= 15 is 0 Å². The predicted molar refractivity (Wildman–Crippen MR) is 106 cm³/mol. The lowest BCUT2D eigenvalue weighted by Gasteiger charge is -2.13. The van der Waals surface area contributed by atoms with Gasteiger partial charge >= 0.3 is 6.18 Å². The summed E-state index contributed by atoms with van der Waals surface area (Å²) in [4.78, 5) is 20.2. The van der Waals surface area contributed by atoms with E-state index in [1.165, 1.54) is 18.2 Å². The molecule has 1 N–H and O–H groups in total. The lowest BCUT2D eigenvalue weighted by atomic mass is 10.0. The number of carbonyl (C=O) groups excluding carboxylic acids is 1. The van der Waals surface area contributed by atoms with E-state index in [9.17, 15) is 18.0 Å². The van der Waals surface area contributed by atoms with E-state index in [0.717, 1.165) is 11.8 Å².